The van der Waals surface area contributed by atoms with Crippen LogP contribution in [-0.4, -0.2) is 45.0 Å². The van der Waals surface area contributed by atoms with Crippen LogP contribution in [0, 0.1) is 16.0 Å². The molecule has 23 heavy (non-hydrogen) atoms. The van der Waals surface area contributed by atoms with Crippen LogP contribution in [0.5, 0.6) is 0 Å². The van der Waals surface area contributed by atoms with E-state index in [-0.39, 0.29) is 23.6 Å². The molecule has 2 aromatic rings. The molecule has 7 heteroatoms. The van der Waals surface area contributed by atoms with Crippen LogP contribution in [0.25, 0.3) is 10.9 Å². The van der Waals surface area contributed by atoms with E-state index < -0.39 is 4.92 Å². The summed E-state index contributed by atoms with van der Waals surface area (Å²) in [5.74, 6) is 0.101. The number of aliphatic hydroxyl groups excluding tert-OH is 1. The quantitative estimate of drug-likeness (QED) is 0.670. The number of aliphatic hydroxyl groups is 1. The number of nitrogens with one attached hydrogen (secondary N) is 1. The zero-order chi connectivity index (χ0) is 16.6. The number of carbonyl (C=O) groups is 1. The molecule has 1 unspecified atom stereocenters. The fraction of sp³-hybridized carbons (Fsp3) is 0.438. The molecule has 0 bridgehead atoms. The fourth-order valence-corrected chi connectivity index (χ4v) is 3.15. The van der Waals surface area contributed by atoms with Gasteiger partial charge < -0.3 is 15.0 Å². The van der Waals surface area contributed by atoms with Gasteiger partial charge in [-0.05, 0) is 31.7 Å². The van der Waals surface area contributed by atoms with Crippen LogP contribution in [-0.2, 0) is 0 Å². The average molecular weight is 317 g/mol. The summed E-state index contributed by atoms with van der Waals surface area (Å²) in [6.45, 7) is 2.97. The van der Waals surface area contributed by atoms with Crippen molar-refractivity contribution in [3.63, 3.8) is 0 Å². The lowest BCUT2D eigenvalue weighted by atomic mass is 9.92. The first-order valence-electron chi connectivity index (χ1n) is 7.70. The third kappa shape index (κ3) is 2.92. The Morgan fingerprint density at radius 3 is 2.74 bits per heavy atom. The second kappa shape index (κ2) is 6.00. The number of amides is 1. The number of fused-ring (bicyclic) bond motifs is 1. The molecule has 0 radical (unpaired) electrons. The van der Waals surface area contributed by atoms with Crippen molar-refractivity contribution in [1.82, 2.24) is 9.88 Å². The lowest BCUT2D eigenvalue weighted by Gasteiger charge is -2.33. The van der Waals surface area contributed by atoms with Gasteiger partial charge in [-0.15, -0.1) is 0 Å². The molecule has 0 aliphatic carbocycles. The number of hydrogen-bond acceptors (Lipinski definition) is 4. The Labute approximate surface area is 133 Å². The molecule has 1 saturated heterocycles. The van der Waals surface area contributed by atoms with Crippen LogP contribution < -0.4 is 0 Å². The standard InChI is InChI=1S/C16H19N3O4/c1-10(20)11-4-6-18(7-5-11)16(21)14-9-17-15-3-2-12(19(22)23)8-13(14)15/h2-3,8-11,17,20H,4-7H2,1H3. The maximum Gasteiger partial charge on any atom is 0.270 e. The molecular formula is C16H19N3O4. The van der Waals surface area contributed by atoms with E-state index in [0.29, 0.717) is 29.6 Å². The van der Waals surface area contributed by atoms with Gasteiger partial charge in [0.2, 0.25) is 0 Å². The number of nitro groups is 1. The molecule has 0 spiro atoms. The highest BCUT2D eigenvalue weighted by Gasteiger charge is 2.27. The zero-order valence-electron chi connectivity index (χ0n) is 12.9. The smallest absolute Gasteiger partial charge is 0.270 e. The number of hydrogen-bond donors (Lipinski definition) is 2. The molecule has 0 saturated carbocycles. The molecule has 1 atom stereocenters. The minimum absolute atomic E-state index is 0.0287. The summed E-state index contributed by atoms with van der Waals surface area (Å²) in [5, 5.41) is 21.1. The van der Waals surface area contributed by atoms with Gasteiger partial charge in [0.05, 0.1) is 16.6 Å². The topological polar surface area (TPSA) is 99.5 Å². The van der Waals surface area contributed by atoms with Gasteiger partial charge in [-0.1, -0.05) is 0 Å². The van der Waals surface area contributed by atoms with Crippen molar-refractivity contribution < 1.29 is 14.8 Å². The first-order chi connectivity index (χ1) is 11.0. The van der Waals surface area contributed by atoms with E-state index in [9.17, 15) is 20.0 Å². The Kier molecular flexibility index (Phi) is 4.04. The van der Waals surface area contributed by atoms with Crippen LogP contribution in [0.2, 0.25) is 0 Å². The van der Waals surface area contributed by atoms with Crippen molar-refractivity contribution in [2.75, 3.05) is 13.1 Å². The Hall–Kier alpha value is -2.41. The van der Waals surface area contributed by atoms with Gasteiger partial charge in [-0.3, -0.25) is 14.9 Å². The van der Waals surface area contributed by atoms with Crippen LogP contribution in [0.4, 0.5) is 5.69 Å². The van der Waals surface area contributed by atoms with Gasteiger partial charge in [-0.2, -0.15) is 0 Å². The van der Waals surface area contributed by atoms with E-state index in [1.54, 1.807) is 24.1 Å². The highest BCUT2D eigenvalue weighted by molar-refractivity contribution is 6.07. The van der Waals surface area contributed by atoms with Crippen molar-refractivity contribution in [3.8, 4) is 0 Å². The van der Waals surface area contributed by atoms with Gasteiger partial charge in [-0.25, -0.2) is 0 Å². The Bertz CT molecular complexity index is 745. The normalized spacial score (nSPS) is 17.4. The molecule has 3 rings (SSSR count). The number of piperidine rings is 1. The predicted octanol–water partition coefficient (Wildman–Crippen LogP) is 2.31. The van der Waals surface area contributed by atoms with Crippen molar-refractivity contribution in [2.24, 2.45) is 5.92 Å². The lowest BCUT2D eigenvalue weighted by Crippen LogP contribution is -2.40. The molecule has 2 heterocycles. The summed E-state index contributed by atoms with van der Waals surface area (Å²) >= 11 is 0. The number of non-ortho nitro benzene ring substituents is 1. The highest BCUT2D eigenvalue weighted by Crippen LogP contribution is 2.27. The maximum absolute atomic E-state index is 12.7. The fourth-order valence-electron chi connectivity index (χ4n) is 3.15. The number of carbonyl (C=O) groups excluding carboxylic acids is 1. The van der Waals surface area contributed by atoms with Crippen molar-refractivity contribution in [2.45, 2.75) is 25.9 Å². The number of nitro benzene ring substituents is 1. The summed E-state index contributed by atoms with van der Waals surface area (Å²) in [4.78, 5) is 27.9. The summed E-state index contributed by atoms with van der Waals surface area (Å²) in [5.41, 5.74) is 1.14. The molecule has 1 aliphatic rings. The van der Waals surface area contributed by atoms with Gasteiger partial charge >= 0.3 is 0 Å². The number of aromatic amines is 1. The van der Waals surface area contributed by atoms with E-state index in [1.165, 1.54) is 12.1 Å². The van der Waals surface area contributed by atoms with Gasteiger partial charge in [0.1, 0.15) is 0 Å². The Morgan fingerprint density at radius 1 is 1.43 bits per heavy atom. The summed E-state index contributed by atoms with van der Waals surface area (Å²) in [6.07, 6.45) is 2.79. The molecule has 1 aliphatic heterocycles. The summed E-state index contributed by atoms with van der Waals surface area (Å²) in [7, 11) is 0. The molecule has 1 fully saturated rings. The van der Waals surface area contributed by atoms with Gasteiger partial charge in [0, 0.05) is 42.3 Å². The molecule has 2 N–H and O–H groups in total. The maximum atomic E-state index is 12.7. The van der Waals surface area contributed by atoms with E-state index in [2.05, 4.69) is 4.98 Å². The van der Waals surface area contributed by atoms with E-state index in [0.717, 1.165) is 12.8 Å². The average Bonchev–Trinajstić information content (AvgIpc) is 2.97. The molecule has 1 aromatic carbocycles. The van der Waals surface area contributed by atoms with Crippen LogP contribution >= 0.6 is 0 Å². The van der Waals surface area contributed by atoms with Crippen molar-refractivity contribution >= 4 is 22.5 Å². The predicted molar refractivity (Wildman–Crippen MR) is 85.3 cm³/mol. The molecule has 1 amide bonds. The highest BCUT2D eigenvalue weighted by atomic mass is 16.6. The minimum Gasteiger partial charge on any atom is -0.393 e. The SMILES string of the molecule is CC(O)C1CCN(C(=O)c2c[nH]c3ccc([N+](=O)[O-])cc23)CC1. The van der Waals surface area contributed by atoms with Crippen LogP contribution in [0.1, 0.15) is 30.1 Å². The molecule has 122 valence electrons. The number of benzene rings is 1. The van der Waals surface area contributed by atoms with Crippen molar-refractivity contribution in [1.29, 1.82) is 0 Å². The number of rotatable bonds is 3. The monoisotopic (exact) mass is 317 g/mol. The molecular weight excluding hydrogens is 298 g/mol. The molecule has 7 nitrogen and oxygen atoms in total. The van der Waals surface area contributed by atoms with Crippen LogP contribution in [0.3, 0.4) is 0 Å². The van der Waals surface area contributed by atoms with Gasteiger partial charge in [0.15, 0.2) is 0 Å². The van der Waals surface area contributed by atoms with E-state index in [1.807, 2.05) is 0 Å². The number of likely N-dealkylation sites (tertiary alicyclic amines) is 1. The van der Waals surface area contributed by atoms with Crippen molar-refractivity contribution in [3.05, 3.63) is 40.1 Å². The Balaban J connectivity index is 1.84. The second-order valence-electron chi connectivity index (χ2n) is 6.06. The second-order valence-corrected chi connectivity index (χ2v) is 6.06. The van der Waals surface area contributed by atoms with E-state index >= 15 is 0 Å². The number of nitrogens with zero attached hydrogens (tertiary/aromatic N) is 2. The third-order valence-electron chi connectivity index (χ3n) is 4.62. The zero-order valence-corrected chi connectivity index (χ0v) is 12.9. The first-order valence-corrected chi connectivity index (χ1v) is 7.70. The lowest BCUT2D eigenvalue weighted by molar-refractivity contribution is -0.384. The van der Waals surface area contributed by atoms with E-state index in [4.69, 9.17) is 0 Å². The summed E-state index contributed by atoms with van der Waals surface area (Å²) in [6, 6.07) is 4.47. The molecule has 1 aromatic heterocycles. The summed E-state index contributed by atoms with van der Waals surface area (Å²) < 4.78 is 0. The van der Waals surface area contributed by atoms with Gasteiger partial charge in [0.25, 0.3) is 11.6 Å². The number of aromatic nitrogens is 1. The minimum atomic E-state index is -0.463. The largest absolute Gasteiger partial charge is 0.393 e. The first kappa shape index (κ1) is 15.5. The number of H-pyrrole nitrogens is 1. The third-order valence-corrected chi connectivity index (χ3v) is 4.62. The Morgan fingerprint density at radius 2 is 2.13 bits per heavy atom. The van der Waals surface area contributed by atoms with Crippen LogP contribution in [0.15, 0.2) is 24.4 Å².